The van der Waals surface area contributed by atoms with Crippen LogP contribution in [0.5, 0.6) is 0 Å². The minimum absolute atomic E-state index is 0.0491. The van der Waals surface area contributed by atoms with E-state index in [1.54, 1.807) is 6.92 Å². The molecule has 0 radical (unpaired) electrons. The van der Waals surface area contributed by atoms with Gasteiger partial charge in [-0.1, -0.05) is 11.7 Å². The molecular formula is C14H11N5O2S. The van der Waals surface area contributed by atoms with Crippen LogP contribution in [0.1, 0.15) is 12.8 Å². The maximum absolute atomic E-state index is 12.2. The molecule has 3 heterocycles. The first kappa shape index (κ1) is 14.0. The average molecular weight is 313 g/mol. The van der Waals surface area contributed by atoms with Gasteiger partial charge < -0.3 is 4.52 Å². The van der Waals surface area contributed by atoms with Gasteiger partial charge in [0.05, 0.1) is 5.70 Å². The number of carbonyl (C=O) groups is 1. The highest BCUT2D eigenvalue weighted by Crippen LogP contribution is 2.22. The van der Waals surface area contributed by atoms with Crippen molar-refractivity contribution in [3.63, 3.8) is 0 Å². The summed E-state index contributed by atoms with van der Waals surface area (Å²) in [4.78, 5) is 16.4. The van der Waals surface area contributed by atoms with Crippen LogP contribution in [-0.4, -0.2) is 21.1 Å². The zero-order chi connectivity index (χ0) is 15.7. The standard InChI is InChI=1S/C14H11N5O2S/c1-8-9(2)17-19(14(20)11(8)5-15)6-12-16-13(18-21-12)10-3-4-22-7-10/h3-4,7,17H,2,6H2,1H3. The summed E-state index contributed by atoms with van der Waals surface area (Å²) in [5.74, 6) is 0.293. The molecule has 0 fully saturated rings. The third kappa shape index (κ3) is 2.38. The zero-order valence-corrected chi connectivity index (χ0v) is 12.5. The van der Waals surface area contributed by atoms with E-state index in [0.717, 1.165) is 5.56 Å². The highest BCUT2D eigenvalue weighted by atomic mass is 32.1. The third-order valence-corrected chi connectivity index (χ3v) is 3.89. The van der Waals surface area contributed by atoms with Crippen molar-refractivity contribution in [3.05, 3.63) is 46.1 Å². The van der Waals surface area contributed by atoms with Crippen molar-refractivity contribution in [1.82, 2.24) is 20.6 Å². The van der Waals surface area contributed by atoms with Crippen molar-refractivity contribution in [3.8, 4) is 17.5 Å². The van der Waals surface area contributed by atoms with Gasteiger partial charge in [-0.05, 0) is 23.9 Å². The van der Waals surface area contributed by atoms with Gasteiger partial charge in [0, 0.05) is 10.9 Å². The van der Waals surface area contributed by atoms with Crippen molar-refractivity contribution in [2.24, 2.45) is 0 Å². The Morgan fingerprint density at radius 1 is 1.59 bits per heavy atom. The second-order valence-corrected chi connectivity index (χ2v) is 5.40. The molecule has 0 aromatic carbocycles. The van der Waals surface area contributed by atoms with Crippen LogP contribution >= 0.6 is 11.3 Å². The van der Waals surface area contributed by atoms with Crippen LogP contribution in [0, 0.1) is 11.3 Å². The number of nitriles is 1. The van der Waals surface area contributed by atoms with Gasteiger partial charge in [-0.3, -0.25) is 10.2 Å². The molecule has 22 heavy (non-hydrogen) atoms. The van der Waals surface area contributed by atoms with Crippen LogP contribution in [0.4, 0.5) is 0 Å². The first-order chi connectivity index (χ1) is 10.6. The Kier molecular flexibility index (Phi) is 3.48. The van der Waals surface area contributed by atoms with E-state index in [2.05, 4.69) is 22.1 Å². The van der Waals surface area contributed by atoms with E-state index in [1.165, 1.54) is 16.3 Å². The van der Waals surface area contributed by atoms with Crippen molar-refractivity contribution < 1.29 is 9.32 Å². The molecule has 1 N–H and O–H groups in total. The number of hydrazine groups is 1. The first-order valence-corrected chi connectivity index (χ1v) is 7.28. The summed E-state index contributed by atoms with van der Waals surface area (Å²) in [5, 5.41) is 18.0. The number of aromatic nitrogens is 2. The fraction of sp³-hybridized carbons (Fsp3) is 0.143. The van der Waals surface area contributed by atoms with E-state index in [0.29, 0.717) is 17.1 Å². The lowest BCUT2D eigenvalue weighted by atomic mass is 10.1. The number of hydrogen-bond acceptors (Lipinski definition) is 7. The van der Waals surface area contributed by atoms with Crippen LogP contribution in [0.25, 0.3) is 11.4 Å². The molecule has 1 amide bonds. The predicted molar refractivity (Wildman–Crippen MR) is 78.7 cm³/mol. The van der Waals surface area contributed by atoms with Crippen LogP contribution in [0.2, 0.25) is 0 Å². The zero-order valence-electron chi connectivity index (χ0n) is 11.7. The van der Waals surface area contributed by atoms with Gasteiger partial charge in [0.25, 0.3) is 5.91 Å². The van der Waals surface area contributed by atoms with Gasteiger partial charge in [0.2, 0.25) is 11.7 Å². The van der Waals surface area contributed by atoms with Crippen molar-refractivity contribution in [1.29, 1.82) is 5.26 Å². The normalized spacial score (nSPS) is 15.0. The minimum atomic E-state index is -0.442. The number of rotatable bonds is 3. The molecule has 3 rings (SSSR count). The number of nitrogens with one attached hydrogen (secondary N) is 1. The average Bonchev–Trinajstić information content (AvgIpc) is 3.16. The number of thiophene rings is 1. The van der Waals surface area contributed by atoms with E-state index in [4.69, 9.17) is 9.78 Å². The second-order valence-electron chi connectivity index (χ2n) is 4.62. The fourth-order valence-electron chi connectivity index (χ4n) is 1.95. The third-order valence-electron chi connectivity index (χ3n) is 3.21. The second kappa shape index (κ2) is 5.46. The van der Waals surface area contributed by atoms with E-state index < -0.39 is 5.91 Å². The number of amides is 1. The number of allylic oxidation sites excluding steroid dienone is 1. The van der Waals surface area contributed by atoms with E-state index in [1.807, 2.05) is 22.9 Å². The SMILES string of the molecule is C=C1NN(Cc2nc(-c3ccsc3)no2)C(=O)C(C#N)=C1C. The van der Waals surface area contributed by atoms with Gasteiger partial charge in [0.15, 0.2) is 0 Å². The first-order valence-electron chi connectivity index (χ1n) is 6.34. The topological polar surface area (TPSA) is 95.0 Å². The maximum atomic E-state index is 12.2. The van der Waals surface area contributed by atoms with E-state index >= 15 is 0 Å². The molecule has 1 aliphatic rings. The smallest absolute Gasteiger partial charge is 0.283 e. The molecule has 0 saturated heterocycles. The molecule has 110 valence electrons. The Balaban J connectivity index is 1.81. The van der Waals surface area contributed by atoms with Gasteiger partial charge >= 0.3 is 0 Å². The highest BCUT2D eigenvalue weighted by molar-refractivity contribution is 7.08. The maximum Gasteiger partial charge on any atom is 0.283 e. The lowest BCUT2D eigenvalue weighted by Gasteiger charge is -2.29. The fourth-order valence-corrected chi connectivity index (χ4v) is 2.58. The summed E-state index contributed by atoms with van der Waals surface area (Å²) in [6, 6.07) is 3.78. The Morgan fingerprint density at radius 2 is 2.41 bits per heavy atom. The molecule has 2 aromatic rings. The molecule has 0 unspecified atom stereocenters. The van der Waals surface area contributed by atoms with Gasteiger partial charge in [-0.25, -0.2) is 5.01 Å². The van der Waals surface area contributed by atoms with Crippen LogP contribution in [0.3, 0.4) is 0 Å². The van der Waals surface area contributed by atoms with E-state index in [9.17, 15) is 4.79 Å². The molecule has 0 spiro atoms. The van der Waals surface area contributed by atoms with Crippen LogP contribution < -0.4 is 5.43 Å². The molecule has 1 aliphatic heterocycles. The summed E-state index contributed by atoms with van der Waals surface area (Å²) in [5.41, 5.74) is 4.77. The molecule has 8 heteroatoms. The lowest BCUT2D eigenvalue weighted by molar-refractivity contribution is -0.130. The predicted octanol–water partition coefficient (Wildman–Crippen LogP) is 2.00. The Labute approximate surface area is 130 Å². The summed E-state index contributed by atoms with van der Waals surface area (Å²) in [7, 11) is 0. The highest BCUT2D eigenvalue weighted by Gasteiger charge is 2.28. The number of carbonyl (C=O) groups excluding carboxylic acids is 1. The summed E-state index contributed by atoms with van der Waals surface area (Å²) in [6.45, 7) is 5.51. The van der Waals surface area contributed by atoms with Crippen molar-refractivity contribution in [2.75, 3.05) is 0 Å². The lowest BCUT2D eigenvalue weighted by Crippen LogP contribution is -2.46. The van der Waals surface area contributed by atoms with Gasteiger partial charge in [0.1, 0.15) is 18.2 Å². The van der Waals surface area contributed by atoms with Crippen LogP contribution in [-0.2, 0) is 11.3 Å². The van der Waals surface area contributed by atoms with Crippen molar-refractivity contribution >= 4 is 17.2 Å². The van der Waals surface area contributed by atoms with Crippen molar-refractivity contribution in [2.45, 2.75) is 13.5 Å². The molecule has 7 nitrogen and oxygen atoms in total. The molecule has 0 saturated carbocycles. The quantitative estimate of drug-likeness (QED) is 0.931. The summed E-state index contributed by atoms with van der Waals surface area (Å²) in [6.07, 6.45) is 0. The van der Waals surface area contributed by atoms with Gasteiger partial charge in [-0.15, -0.1) is 0 Å². The monoisotopic (exact) mass is 313 g/mol. The summed E-state index contributed by atoms with van der Waals surface area (Å²) >= 11 is 1.53. The number of nitrogens with zero attached hydrogens (tertiary/aromatic N) is 4. The number of hydrogen-bond donors (Lipinski definition) is 1. The molecule has 2 aromatic heterocycles. The Bertz CT molecular complexity index is 813. The largest absolute Gasteiger partial charge is 0.337 e. The molecule has 0 bridgehead atoms. The molecular weight excluding hydrogens is 302 g/mol. The van der Waals surface area contributed by atoms with Gasteiger partial charge in [-0.2, -0.15) is 21.6 Å². The van der Waals surface area contributed by atoms with Crippen LogP contribution in [0.15, 0.2) is 44.8 Å². The molecule has 0 atom stereocenters. The Morgan fingerprint density at radius 3 is 3.09 bits per heavy atom. The van der Waals surface area contributed by atoms with E-state index in [-0.39, 0.29) is 18.0 Å². The summed E-state index contributed by atoms with van der Waals surface area (Å²) < 4.78 is 5.15. The minimum Gasteiger partial charge on any atom is -0.337 e. The Hall–Kier alpha value is -2.92. The molecule has 0 aliphatic carbocycles.